The highest BCUT2D eigenvalue weighted by atomic mass is 19.4. The molecule has 1 atom stereocenters. The summed E-state index contributed by atoms with van der Waals surface area (Å²) in [5.41, 5.74) is 1.89. The Hall–Kier alpha value is -4.16. The molecule has 3 aromatic rings. The second kappa shape index (κ2) is 10.4. The average Bonchev–Trinajstić information content (AvgIpc) is 3.50. The summed E-state index contributed by atoms with van der Waals surface area (Å²) >= 11 is 0. The molecule has 13 heteroatoms. The largest absolute Gasteiger partial charge is 0.444 e. The van der Waals surface area contributed by atoms with Gasteiger partial charge in [0.25, 0.3) is 5.91 Å². The van der Waals surface area contributed by atoms with Gasteiger partial charge in [-0.1, -0.05) is 0 Å². The zero-order valence-corrected chi connectivity index (χ0v) is 18.6. The van der Waals surface area contributed by atoms with E-state index in [2.05, 4.69) is 30.5 Å². The predicted octanol–water partition coefficient (Wildman–Crippen LogP) is 3.69. The number of pyridine rings is 2. The number of carbonyl (C=O) groups is 2. The molecule has 2 aliphatic heterocycles. The number of hydrogen-bond donors (Lipinski definition) is 2. The standard InChI is InChI=1S/C21H21N7O3.CHF3/c1-2-23-20(29)15-3-4-16-19(25-15)28(14-6-8-27(16)11-14)21(30)26-18-9-13(5-7-24-18)17-10-22-12-31-17;2-1(3)4/h3-5,7,9-10,12,14H,2,6,8,11H2,1H3,(H,23,29)(H,24,26,30);1H. The lowest BCUT2D eigenvalue weighted by Crippen LogP contribution is -2.48. The molecule has 10 nitrogen and oxygen atoms in total. The number of nitrogens with zero attached hydrogens (tertiary/aromatic N) is 5. The number of aromatic nitrogens is 3. The van der Waals surface area contributed by atoms with Crippen LogP contribution in [-0.4, -0.2) is 59.2 Å². The highest BCUT2D eigenvalue weighted by Crippen LogP contribution is 2.39. The number of amides is 3. The van der Waals surface area contributed by atoms with Crippen molar-refractivity contribution < 1.29 is 27.2 Å². The molecule has 0 spiro atoms. The fourth-order valence-electron chi connectivity index (χ4n) is 4.03. The maximum atomic E-state index is 13.3. The number of oxazole rings is 1. The first kappa shape index (κ1) is 24.0. The third kappa shape index (κ3) is 5.34. The molecule has 2 aliphatic rings. The number of hydrogen-bond acceptors (Lipinski definition) is 7. The van der Waals surface area contributed by atoms with Crippen molar-refractivity contribution in [2.75, 3.05) is 34.8 Å². The van der Waals surface area contributed by atoms with Crippen molar-refractivity contribution in [1.82, 2.24) is 20.3 Å². The molecule has 0 radical (unpaired) electrons. The molecule has 1 fully saturated rings. The lowest BCUT2D eigenvalue weighted by atomic mass is 10.1. The quantitative estimate of drug-likeness (QED) is 0.574. The SMILES string of the molecule is CCNC(=O)c1ccc2c(n1)N(C(=O)Nc1cc(-c3cnco3)ccn1)C1CCN2C1.FC(F)F. The van der Waals surface area contributed by atoms with Gasteiger partial charge >= 0.3 is 12.7 Å². The fourth-order valence-corrected chi connectivity index (χ4v) is 4.03. The minimum absolute atomic E-state index is 0.0260. The highest BCUT2D eigenvalue weighted by Gasteiger charge is 2.40. The maximum absolute atomic E-state index is 13.3. The van der Waals surface area contributed by atoms with Crippen molar-refractivity contribution in [3.8, 4) is 11.3 Å². The Labute approximate surface area is 198 Å². The molecule has 0 aliphatic carbocycles. The lowest BCUT2D eigenvalue weighted by Gasteiger charge is -2.35. The first-order chi connectivity index (χ1) is 16.9. The van der Waals surface area contributed by atoms with Gasteiger partial charge in [0.2, 0.25) is 0 Å². The monoisotopic (exact) mass is 489 g/mol. The van der Waals surface area contributed by atoms with Crippen LogP contribution in [0.5, 0.6) is 0 Å². The average molecular weight is 489 g/mol. The Morgan fingerprint density at radius 3 is 2.77 bits per heavy atom. The van der Waals surface area contributed by atoms with Crippen molar-refractivity contribution in [3.05, 3.63) is 48.7 Å². The van der Waals surface area contributed by atoms with Gasteiger partial charge in [-0.3, -0.25) is 15.0 Å². The summed E-state index contributed by atoms with van der Waals surface area (Å²) < 4.78 is 34.3. The van der Waals surface area contributed by atoms with Gasteiger partial charge in [0.1, 0.15) is 11.5 Å². The van der Waals surface area contributed by atoms with Crippen LogP contribution in [0.25, 0.3) is 11.3 Å². The summed E-state index contributed by atoms with van der Waals surface area (Å²) in [5.74, 6) is 1.20. The Kier molecular flexibility index (Phi) is 7.13. The van der Waals surface area contributed by atoms with E-state index in [9.17, 15) is 22.8 Å². The third-order valence-electron chi connectivity index (χ3n) is 5.45. The summed E-state index contributed by atoms with van der Waals surface area (Å²) in [6.45, 7) is 0.253. The summed E-state index contributed by atoms with van der Waals surface area (Å²) in [4.78, 5) is 42.2. The van der Waals surface area contributed by atoms with Gasteiger partial charge in [-0.2, -0.15) is 13.2 Å². The van der Waals surface area contributed by atoms with Crippen LogP contribution in [0.15, 0.2) is 47.5 Å². The summed E-state index contributed by atoms with van der Waals surface area (Å²) in [6, 6.07) is 6.69. The Balaban J connectivity index is 0.000000672. The third-order valence-corrected chi connectivity index (χ3v) is 5.45. The fraction of sp³-hybridized carbons (Fsp3) is 0.318. The van der Waals surface area contributed by atoms with Crippen LogP contribution in [0.4, 0.5) is 35.3 Å². The second-order valence-corrected chi connectivity index (χ2v) is 7.63. The Bertz CT molecular complexity index is 1190. The summed E-state index contributed by atoms with van der Waals surface area (Å²) in [5, 5.41) is 5.62. The zero-order chi connectivity index (χ0) is 24.9. The van der Waals surface area contributed by atoms with Crippen LogP contribution in [0.2, 0.25) is 0 Å². The Morgan fingerprint density at radius 1 is 1.26 bits per heavy atom. The topological polar surface area (TPSA) is 116 Å². The number of carbonyl (C=O) groups excluding carboxylic acids is 2. The number of halogens is 3. The maximum Gasteiger partial charge on any atom is 0.379 e. The molecule has 35 heavy (non-hydrogen) atoms. The van der Waals surface area contributed by atoms with E-state index in [1.165, 1.54) is 6.39 Å². The van der Waals surface area contributed by atoms with E-state index in [4.69, 9.17) is 4.42 Å². The molecular weight excluding hydrogens is 467 g/mol. The van der Waals surface area contributed by atoms with E-state index in [-0.39, 0.29) is 23.7 Å². The van der Waals surface area contributed by atoms with Crippen molar-refractivity contribution >= 4 is 29.3 Å². The van der Waals surface area contributed by atoms with Gasteiger partial charge in [-0.05, 0) is 37.6 Å². The van der Waals surface area contributed by atoms with E-state index >= 15 is 0 Å². The van der Waals surface area contributed by atoms with E-state index < -0.39 is 6.68 Å². The molecule has 2 bridgehead atoms. The molecule has 0 aromatic carbocycles. The van der Waals surface area contributed by atoms with Crippen molar-refractivity contribution in [2.45, 2.75) is 26.1 Å². The van der Waals surface area contributed by atoms with Crippen LogP contribution in [0, 0.1) is 0 Å². The minimum Gasteiger partial charge on any atom is -0.444 e. The van der Waals surface area contributed by atoms with Crippen LogP contribution in [0.3, 0.4) is 0 Å². The number of alkyl halides is 3. The number of fused-ring (bicyclic) bond motifs is 4. The van der Waals surface area contributed by atoms with Gasteiger partial charge in [-0.25, -0.2) is 19.7 Å². The van der Waals surface area contributed by atoms with Crippen LogP contribution in [0.1, 0.15) is 23.8 Å². The molecule has 0 saturated carbocycles. The van der Waals surface area contributed by atoms with Gasteiger partial charge in [0, 0.05) is 31.4 Å². The molecule has 2 N–H and O–H groups in total. The van der Waals surface area contributed by atoms with Crippen molar-refractivity contribution in [2.24, 2.45) is 0 Å². The predicted molar refractivity (Wildman–Crippen MR) is 121 cm³/mol. The molecule has 184 valence electrons. The second-order valence-electron chi connectivity index (χ2n) is 7.63. The highest BCUT2D eigenvalue weighted by molar-refractivity contribution is 6.05. The smallest absolute Gasteiger partial charge is 0.379 e. The van der Waals surface area contributed by atoms with E-state index in [0.717, 1.165) is 30.8 Å². The van der Waals surface area contributed by atoms with Crippen molar-refractivity contribution in [1.29, 1.82) is 0 Å². The lowest BCUT2D eigenvalue weighted by molar-refractivity contribution is 0.00818. The van der Waals surface area contributed by atoms with Crippen molar-refractivity contribution in [3.63, 3.8) is 0 Å². The first-order valence-corrected chi connectivity index (χ1v) is 10.8. The molecule has 3 amide bonds. The van der Waals surface area contributed by atoms with Crippen LogP contribution in [-0.2, 0) is 0 Å². The van der Waals surface area contributed by atoms with Gasteiger partial charge < -0.3 is 14.6 Å². The van der Waals surface area contributed by atoms with Gasteiger partial charge in [0.15, 0.2) is 18.0 Å². The molecule has 3 aromatic heterocycles. The van der Waals surface area contributed by atoms with E-state index in [0.29, 0.717) is 23.9 Å². The normalized spacial score (nSPS) is 15.9. The minimum atomic E-state index is -3.67. The van der Waals surface area contributed by atoms with E-state index in [1.54, 1.807) is 35.5 Å². The van der Waals surface area contributed by atoms with E-state index in [1.807, 2.05) is 13.0 Å². The summed E-state index contributed by atoms with van der Waals surface area (Å²) in [7, 11) is 0. The molecule has 1 saturated heterocycles. The van der Waals surface area contributed by atoms with Crippen LogP contribution >= 0.6 is 0 Å². The Morgan fingerprint density at radius 2 is 2.06 bits per heavy atom. The molecule has 1 unspecified atom stereocenters. The summed E-state index contributed by atoms with van der Waals surface area (Å²) in [6.07, 6.45) is 5.37. The molecule has 5 heterocycles. The molecule has 5 rings (SSSR count). The van der Waals surface area contributed by atoms with Gasteiger partial charge in [-0.15, -0.1) is 0 Å². The van der Waals surface area contributed by atoms with Gasteiger partial charge in [0.05, 0.1) is 17.9 Å². The number of nitrogens with one attached hydrogen (secondary N) is 2. The first-order valence-electron chi connectivity index (χ1n) is 10.8. The molecular formula is C22H22F3N7O3. The van der Waals surface area contributed by atoms with Crippen LogP contribution < -0.4 is 20.4 Å². The zero-order valence-electron chi connectivity index (χ0n) is 18.6. The number of urea groups is 1. The number of rotatable bonds is 4. The number of anilines is 3.